The second-order valence-corrected chi connectivity index (χ2v) is 19.7. The fraction of sp³-hybridized carbons (Fsp3) is 0.845. The summed E-state index contributed by atoms with van der Waals surface area (Å²) in [5, 5.41) is 54.4. The van der Waals surface area contributed by atoms with Gasteiger partial charge in [0.2, 0.25) is 5.91 Å². The highest BCUT2D eigenvalue weighted by molar-refractivity contribution is 5.76. The van der Waals surface area contributed by atoms with Crippen molar-refractivity contribution in [3.05, 3.63) is 48.6 Å². The number of carbonyl (C=O) groups excluding carboxylic acids is 1. The Labute approximate surface area is 412 Å². The van der Waals surface area contributed by atoms with Crippen LogP contribution in [0.1, 0.15) is 258 Å². The summed E-state index contributed by atoms with van der Waals surface area (Å²) in [5.41, 5.74) is 0. The summed E-state index contributed by atoms with van der Waals surface area (Å²) in [4.78, 5) is 13.0. The number of allylic oxidation sites excluding steroid dienone is 7. The van der Waals surface area contributed by atoms with E-state index in [9.17, 15) is 30.3 Å². The Balaban J connectivity index is 2.25. The molecule has 1 fully saturated rings. The molecule has 0 bridgehead atoms. The summed E-state index contributed by atoms with van der Waals surface area (Å²) in [6.45, 7) is 3.77. The molecule has 0 radical (unpaired) electrons. The maximum Gasteiger partial charge on any atom is 0.220 e. The van der Waals surface area contributed by atoms with Crippen LogP contribution in [0.15, 0.2) is 48.6 Å². The minimum absolute atomic E-state index is 0.191. The second kappa shape index (κ2) is 47.8. The second-order valence-electron chi connectivity index (χ2n) is 19.7. The number of carbonyl (C=O) groups is 1. The van der Waals surface area contributed by atoms with Gasteiger partial charge in [-0.05, 0) is 70.6 Å². The monoisotopic (exact) mass is 946 g/mol. The summed E-state index contributed by atoms with van der Waals surface area (Å²) < 4.78 is 11.2. The van der Waals surface area contributed by atoms with Crippen LogP contribution in [0.5, 0.6) is 0 Å². The number of hydrogen-bond acceptors (Lipinski definition) is 8. The van der Waals surface area contributed by atoms with Crippen molar-refractivity contribution >= 4 is 5.91 Å². The number of nitrogens with one attached hydrogen (secondary N) is 1. The lowest BCUT2D eigenvalue weighted by molar-refractivity contribution is -0.302. The molecule has 0 aliphatic carbocycles. The standard InChI is InChI=1S/C58H107NO8/c1-3-5-7-9-11-13-15-17-19-21-23-24-25-26-27-28-29-30-32-34-36-38-40-42-44-46-48-54(62)59-51(50-66-58-57(65)56(64)55(63)53(49-60)67-58)52(61)47-45-43-41-39-37-35-33-31-22-20-18-16-14-12-10-8-6-4-2/h22,26-27,31,37,39,45,47,51-53,55-58,60-61,63-65H,3-21,23-25,28-30,32-36,38,40-44,46,48-50H2,1-2H3,(H,59,62)/b27-26-,31-22+,39-37+,47-45+. The molecule has 1 aliphatic heterocycles. The van der Waals surface area contributed by atoms with Crippen LogP contribution in [0.2, 0.25) is 0 Å². The van der Waals surface area contributed by atoms with E-state index >= 15 is 0 Å². The lowest BCUT2D eigenvalue weighted by Crippen LogP contribution is -2.60. The summed E-state index contributed by atoms with van der Waals surface area (Å²) in [7, 11) is 0. The van der Waals surface area contributed by atoms with E-state index in [0.717, 1.165) is 44.9 Å². The first-order chi connectivity index (χ1) is 32.8. The van der Waals surface area contributed by atoms with Crippen LogP contribution >= 0.6 is 0 Å². The molecule has 0 saturated carbocycles. The Morgan fingerprint density at radius 2 is 0.851 bits per heavy atom. The van der Waals surface area contributed by atoms with Crippen molar-refractivity contribution in [2.24, 2.45) is 0 Å². The predicted molar refractivity (Wildman–Crippen MR) is 281 cm³/mol. The number of aliphatic hydroxyl groups is 5. The summed E-state index contributed by atoms with van der Waals surface area (Å²) in [5.74, 6) is -0.191. The van der Waals surface area contributed by atoms with Crippen molar-refractivity contribution in [1.29, 1.82) is 0 Å². The highest BCUT2D eigenvalue weighted by Gasteiger charge is 2.44. The van der Waals surface area contributed by atoms with Crippen LogP contribution in [0.25, 0.3) is 0 Å². The average Bonchev–Trinajstić information content (AvgIpc) is 3.33. The SMILES string of the molecule is CCCCCCCCCC/C=C/CC/C=C/CC/C=C/C(O)C(COC1OC(CO)C(O)C(O)C1O)NC(=O)CCCCCCCCCCCC/C=C\CCCCCCCCCCCCCC. The molecule has 1 rings (SSSR count). The maximum absolute atomic E-state index is 13.0. The van der Waals surface area contributed by atoms with Gasteiger partial charge in [-0.25, -0.2) is 0 Å². The van der Waals surface area contributed by atoms with Crippen molar-refractivity contribution in [2.75, 3.05) is 13.2 Å². The minimum atomic E-state index is -1.58. The summed E-state index contributed by atoms with van der Waals surface area (Å²) in [6.07, 6.45) is 56.1. The van der Waals surface area contributed by atoms with E-state index in [1.807, 2.05) is 6.08 Å². The van der Waals surface area contributed by atoms with E-state index in [-0.39, 0.29) is 12.5 Å². The summed E-state index contributed by atoms with van der Waals surface area (Å²) in [6, 6.07) is -0.829. The highest BCUT2D eigenvalue weighted by atomic mass is 16.7. The Morgan fingerprint density at radius 1 is 0.493 bits per heavy atom. The molecule has 1 heterocycles. The molecule has 9 nitrogen and oxygen atoms in total. The van der Waals surface area contributed by atoms with Gasteiger partial charge in [-0.1, -0.05) is 229 Å². The Kier molecular flexibility index (Phi) is 45.1. The minimum Gasteiger partial charge on any atom is -0.394 e. The first-order valence-electron chi connectivity index (χ1n) is 28.4. The van der Waals surface area contributed by atoms with Crippen molar-refractivity contribution < 1.29 is 39.8 Å². The van der Waals surface area contributed by atoms with E-state index in [4.69, 9.17) is 9.47 Å². The Morgan fingerprint density at radius 3 is 1.25 bits per heavy atom. The number of unbranched alkanes of at least 4 members (excludes halogenated alkanes) is 32. The van der Waals surface area contributed by atoms with Gasteiger partial charge < -0.3 is 40.3 Å². The molecule has 67 heavy (non-hydrogen) atoms. The third-order valence-corrected chi connectivity index (χ3v) is 13.4. The molecule has 0 spiro atoms. The van der Waals surface area contributed by atoms with Crippen LogP contribution in [-0.2, 0) is 14.3 Å². The van der Waals surface area contributed by atoms with E-state index in [0.29, 0.717) is 6.42 Å². The molecule has 0 aromatic rings. The number of amides is 1. The molecule has 0 aromatic carbocycles. The van der Waals surface area contributed by atoms with Gasteiger partial charge in [0.1, 0.15) is 24.4 Å². The van der Waals surface area contributed by atoms with Crippen molar-refractivity contribution in [1.82, 2.24) is 5.32 Å². The molecule has 7 atom stereocenters. The fourth-order valence-corrected chi connectivity index (χ4v) is 8.83. The van der Waals surface area contributed by atoms with E-state index in [1.54, 1.807) is 6.08 Å². The third kappa shape index (κ3) is 37.6. The molecule has 0 aromatic heterocycles. The normalized spacial score (nSPS) is 20.0. The first kappa shape index (κ1) is 63.2. The molecule has 1 saturated heterocycles. The first-order valence-corrected chi connectivity index (χ1v) is 28.4. The van der Waals surface area contributed by atoms with Gasteiger partial charge in [-0.2, -0.15) is 0 Å². The van der Waals surface area contributed by atoms with Gasteiger partial charge in [0.15, 0.2) is 6.29 Å². The number of aliphatic hydroxyl groups excluding tert-OH is 5. The quantitative estimate of drug-likeness (QED) is 0.0261. The zero-order chi connectivity index (χ0) is 48.7. The van der Waals surface area contributed by atoms with Gasteiger partial charge in [0, 0.05) is 6.42 Å². The topological polar surface area (TPSA) is 149 Å². The molecule has 392 valence electrons. The summed E-state index contributed by atoms with van der Waals surface area (Å²) >= 11 is 0. The maximum atomic E-state index is 13.0. The van der Waals surface area contributed by atoms with Crippen LogP contribution in [0.3, 0.4) is 0 Å². The van der Waals surface area contributed by atoms with Gasteiger partial charge >= 0.3 is 0 Å². The number of rotatable bonds is 48. The van der Waals surface area contributed by atoms with Crippen molar-refractivity contribution in [3.8, 4) is 0 Å². The van der Waals surface area contributed by atoms with Crippen LogP contribution in [0, 0.1) is 0 Å². The van der Waals surface area contributed by atoms with E-state index in [1.165, 1.54) is 193 Å². The lowest BCUT2D eigenvalue weighted by Gasteiger charge is -2.40. The number of hydrogen-bond donors (Lipinski definition) is 6. The van der Waals surface area contributed by atoms with Crippen LogP contribution < -0.4 is 5.32 Å². The van der Waals surface area contributed by atoms with Crippen LogP contribution in [0.4, 0.5) is 0 Å². The Hall–Kier alpha value is -1.85. The highest BCUT2D eigenvalue weighted by Crippen LogP contribution is 2.23. The number of ether oxygens (including phenoxy) is 2. The zero-order valence-electron chi connectivity index (χ0n) is 43.4. The van der Waals surface area contributed by atoms with Gasteiger partial charge in [-0.15, -0.1) is 0 Å². The molecule has 1 amide bonds. The average molecular weight is 946 g/mol. The van der Waals surface area contributed by atoms with E-state index in [2.05, 4.69) is 55.6 Å². The largest absolute Gasteiger partial charge is 0.394 e. The van der Waals surface area contributed by atoms with Crippen molar-refractivity contribution in [2.45, 2.75) is 301 Å². The molecule has 6 N–H and O–H groups in total. The molecular weight excluding hydrogens is 839 g/mol. The third-order valence-electron chi connectivity index (χ3n) is 13.4. The molecule has 9 heteroatoms. The van der Waals surface area contributed by atoms with Crippen LogP contribution in [-0.4, -0.2) is 87.5 Å². The fourth-order valence-electron chi connectivity index (χ4n) is 8.83. The predicted octanol–water partition coefficient (Wildman–Crippen LogP) is 13.7. The molecule has 1 aliphatic rings. The van der Waals surface area contributed by atoms with Gasteiger partial charge in [0.25, 0.3) is 0 Å². The van der Waals surface area contributed by atoms with E-state index < -0.39 is 49.5 Å². The van der Waals surface area contributed by atoms with Crippen molar-refractivity contribution in [3.63, 3.8) is 0 Å². The lowest BCUT2D eigenvalue weighted by atomic mass is 9.99. The molecular formula is C58H107NO8. The Bertz CT molecular complexity index is 1190. The smallest absolute Gasteiger partial charge is 0.220 e. The zero-order valence-corrected chi connectivity index (χ0v) is 43.4. The van der Waals surface area contributed by atoms with Gasteiger partial charge in [0.05, 0.1) is 25.4 Å². The molecule has 7 unspecified atom stereocenters. The van der Waals surface area contributed by atoms with Gasteiger partial charge in [-0.3, -0.25) is 4.79 Å².